The summed E-state index contributed by atoms with van der Waals surface area (Å²) in [6.07, 6.45) is 2.56. The normalized spacial score (nSPS) is 21.4. The lowest BCUT2D eigenvalue weighted by Gasteiger charge is -2.19. The Morgan fingerprint density at radius 2 is 2.50 bits per heavy atom. The summed E-state index contributed by atoms with van der Waals surface area (Å²) >= 11 is 0. The largest absolute Gasteiger partial charge is 0.368 e. The number of nitrogens with two attached hydrogens (primary N) is 1. The van der Waals surface area contributed by atoms with E-state index in [-0.39, 0.29) is 11.9 Å². The molecule has 2 heterocycles. The van der Waals surface area contributed by atoms with Crippen molar-refractivity contribution >= 4 is 5.91 Å². The number of likely N-dealkylation sites (tertiary alicyclic amines) is 1. The van der Waals surface area contributed by atoms with Crippen molar-refractivity contribution < 1.29 is 9.32 Å². The second-order valence-corrected chi connectivity index (χ2v) is 3.99. The van der Waals surface area contributed by atoms with E-state index in [1.54, 1.807) is 0 Å². The number of aryl methyl sites for hydroxylation is 1. The molecule has 0 radical (unpaired) electrons. The highest BCUT2D eigenvalue weighted by Crippen LogP contribution is 2.19. The molecule has 1 aromatic heterocycles. The molecule has 1 aliphatic heterocycles. The van der Waals surface area contributed by atoms with Crippen molar-refractivity contribution in [3.63, 3.8) is 0 Å². The van der Waals surface area contributed by atoms with E-state index in [2.05, 4.69) is 10.1 Å². The van der Waals surface area contributed by atoms with Crippen molar-refractivity contribution in [2.24, 2.45) is 5.73 Å². The number of carbonyl (C=O) groups excluding carboxylic acids is 1. The Morgan fingerprint density at radius 3 is 3.12 bits per heavy atom. The van der Waals surface area contributed by atoms with Crippen LogP contribution in [0.5, 0.6) is 0 Å². The van der Waals surface area contributed by atoms with Gasteiger partial charge in [0.25, 0.3) is 0 Å². The first-order valence-electron chi connectivity index (χ1n) is 5.55. The van der Waals surface area contributed by atoms with E-state index >= 15 is 0 Å². The van der Waals surface area contributed by atoms with Gasteiger partial charge in [0.15, 0.2) is 5.82 Å². The van der Waals surface area contributed by atoms with Crippen molar-refractivity contribution in [2.75, 3.05) is 6.54 Å². The Labute approximate surface area is 93.8 Å². The lowest BCUT2D eigenvalue weighted by molar-refractivity contribution is -0.122. The number of amides is 1. The first-order valence-corrected chi connectivity index (χ1v) is 5.55. The summed E-state index contributed by atoms with van der Waals surface area (Å²) in [5, 5.41) is 3.82. The summed E-state index contributed by atoms with van der Waals surface area (Å²) in [5.41, 5.74) is 5.33. The van der Waals surface area contributed by atoms with Gasteiger partial charge in [-0.3, -0.25) is 9.69 Å². The van der Waals surface area contributed by atoms with Crippen LogP contribution in [0.1, 0.15) is 31.5 Å². The topological polar surface area (TPSA) is 85.3 Å². The zero-order valence-corrected chi connectivity index (χ0v) is 9.35. The molecular formula is C10H16N4O2. The van der Waals surface area contributed by atoms with Crippen LogP contribution in [0.4, 0.5) is 0 Å². The van der Waals surface area contributed by atoms with Gasteiger partial charge in [-0.2, -0.15) is 4.98 Å². The highest BCUT2D eigenvalue weighted by atomic mass is 16.5. The Morgan fingerprint density at radius 1 is 1.69 bits per heavy atom. The van der Waals surface area contributed by atoms with Crippen molar-refractivity contribution in [3.8, 4) is 0 Å². The molecular weight excluding hydrogens is 208 g/mol. The summed E-state index contributed by atoms with van der Waals surface area (Å²) in [5.74, 6) is 0.988. The van der Waals surface area contributed by atoms with Crippen LogP contribution in [0.2, 0.25) is 0 Å². The van der Waals surface area contributed by atoms with Gasteiger partial charge in [-0.25, -0.2) is 0 Å². The third-order valence-corrected chi connectivity index (χ3v) is 2.86. The number of aromatic nitrogens is 2. The molecule has 0 bridgehead atoms. The van der Waals surface area contributed by atoms with Gasteiger partial charge in [-0.05, 0) is 19.4 Å². The zero-order valence-electron chi connectivity index (χ0n) is 9.35. The average molecular weight is 224 g/mol. The SMILES string of the molecule is CCc1noc(CN2CCCC2C(N)=O)n1. The third-order valence-electron chi connectivity index (χ3n) is 2.86. The van der Waals surface area contributed by atoms with E-state index in [1.165, 1.54) is 0 Å². The molecule has 0 spiro atoms. The molecule has 1 aromatic rings. The first-order chi connectivity index (χ1) is 7.70. The molecule has 1 amide bonds. The maximum atomic E-state index is 11.2. The minimum Gasteiger partial charge on any atom is -0.368 e. The van der Waals surface area contributed by atoms with E-state index in [0.29, 0.717) is 18.3 Å². The summed E-state index contributed by atoms with van der Waals surface area (Å²) in [6, 6.07) is -0.183. The molecule has 0 aromatic carbocycles. The average Bonchev–Trinajstić information content (AvgIpc) is 2.87. The molecule has 1 saturated heterocycles. The highest BCUT2D eigenvalue weighted by Gasteiger charge is 2.30. The number of hydrogen-bond acceptors (Lipinski definition) is 5. The summed E-state index contributed by atoms with van der Waals surface area (Å²) in [6.45, 7) is 3.34. The second-order valence-electron chi connectivity index (χ2n) is 3.99. The van der Waals surface area contributed by atoms with Crippen molar-refractivity contribution in [1.82, 2.24) is 15.0 Å². The molecule has 2 N–H and O–H groups in total. The Balaban J connectivity index is 2.00. The van der Waals surface area contributed by atoms with E-state index in [1.807, 2.05) is 11.8 Å². The third kappa shape index (κ3) is 2.21. The molecule has 16 heavy (non-hydrogen) atoms. The quantitative estimate of drug-likeness (QED) is 0.783. The Bertz CT molecular complexity index is 377. The lowest BCUT2D eigenvalue weighted by Crippen LogP contribution is -2.39. The standard InChI is InChI=1S/C10H16N4O2/c1-2-8-12-9(16-13-8)6-14-5-3-4-7(14)10(11)15/h7H,2-6H2,1H3,(H2,11,15). The minimum atomic E-state index is -0.271. The molecule has 0 aliphatic carbocycles. The predicted octanol–water partition coefficient (Wildman–Crippen LogP) is 0.0817. The number of rotatable bonds is 4. The van der Waals surface area contributed by atoms with Gasteiger partial charge in [0.2, 0.25) is 11.8 Å². The fourth-order valence-electron chi connectivity index (χ4n) is 2.01. The monoisotopic (exact) mass is 224 g/mol. The molecule has 1 atom stereocenters. The number of carbonyl (C=O) groups is 1. The Hall–Kier alpha value is -1.43. The molecule has 1 fully saturated rings. The van der Waals surface area contributed by atoms with E-state index < -0.39 is 0 Å². The van der Waals surface area contributed by atoms with Gasteiger partial charge in [-0.1, -0.05) is 12.1 Å². The number of nitrogens with zero attached hydrogens (tertiary/aromatic N) is 3. The van der Waals surface area contributed by atoms with Crippen LogP contribution in [-0.2, 0) is 17.8 Å². The number of hydrogen-bond donors (Lipinski definition) is 1. The molecule has 6 heteroatoms. The van der Waals surface area contributed by atoms with Crippen LogP contribution in [0, 0.1) is 0 Å². The van der Waals surface area contributed by atoms with Crippen LogP contribution < -0.4 is 5.73 Å². The van der Waals surface area contributed by atoms with Gasteiger partial charge in [-0.15, -0.1) is 0 Å². The van der Waals surface area contributed by atoms with E-state index in [9.17, 15) is 4.79 Å². The maximum Gasteiger partial charge on any atom is 0.240 e. The zero-order chi connectivity index (χ0) is 11.5. The molecule has 6 nitrogen and oxygen atoms in total. The maximum absolute atomic E-state index is 11.2. The molecule has 2 rings (SSSR count). The van der Waals surface area contributed by atoms with Gasteiger partial charge >= 0.3 is 0 Å². The number of primary amides is 1. The summed E-state index contributed by atoms with van der Waals surface area (Å²) in [4.78, 5) is 17.4. The van der Waals surface area contributed by atoms with E-state index in [4.69, 9.17) is 10.3 Å². The first kappa shape index (κ1) is 11.1. The molecule has 88 valence electrons. The van der Waals surface area contributed by atoms with Crippen LogP contribution in [0.15, 0.2) is 4.52 Å². The fraction of sp³-hybridized carbons (Fsp3) is 0.700. The highest BCUT2D eigenvalue weighted by molar-refractivity contribution is 5.80. The second kappa shape index (κ2) is 4.61. The van der Waals surface area contributed by atoms with Crippen LogP contribution in [0.25, 0.3) is 0 Å². The smallest absolute Gasteiger partial charge is 0.240 e. The van der Waals surface area contributed by atoms with Crippen molar-refractivity contribution in [1.29, 1.82) is 0 Å². The van der Waals surface area contributed by atoms with Crippen molar-refractivity contribution in [3.05, 3.63) is 11.7 Å². The minimum absolute atomic E-state index is 0.183. The van der Waals surface area contributed by atoms with Crippen LogP contribution >= 0.6 is 0 Å². The Kier molecular flexibility index (Phi) is 3.19. The van der Waals surface area contributed by atoms with Crippen molar-refractivity contribution in [2.45, 2.75) is 38.8 Å². The predicted molar refractivity (Wildman–Crippen MR) is 56.3 cm³/mol. The van der Waals surface area contributed by atoms with Gasteiger partial charge < -0.3 is 10.3 Å². The molecule has 1 unspecified atom stereocenters. The lowest BCUT2D eigenvalue weighted by atomic mass is 10.2. The van der Waals surface area contributed by atoms with Gasteiger partial charge in [0, 0.05) is 6.42 Å². The summed E-state index contributed by atoms with van der Waals surface area (Å²) in [7, 11) is 0. The summed E-state index contributed by atoms with van der Waals surface area (Å²) < 4.78 is 5.09. The van der Waals surface area contributed by atoms with Crippen LogP contribution in [-0.4, -0.2) is 33.5 Å². The fourth-order valence-corrected chi connectivity index (χ4v) is 2.01. The molecule has 1 aliphatic rings. The van der Waals surface area contributed by atoms with E-state index in [0.717, 1.165) is 25.8 Å². The molecule has 0 saturated carbocycles. The van der Waals surface area contributed by atoms with Gasteiger partial charge in [0.05, 0.1) is 12.6 Å². The van der Waals surface area contributed by atoms with Gasteiger partial charge in [0.1, 0.15) is 0 Å². The van der Waals surface area contributed by atoms with Crippen LogP contribution in [0.3, 0.4) is 0 Å².